The van der Waals surface area contributed by atoms with E-state index in [4.69, 9.17) is 16.3 Å². The maximum absolute atomic E-state index is 12.9. The Morgan fingerprint density at radius 1 is 1.39 bits per heavy atom. The molecule has 2 rings (SSSR count). The summed E-state index contributed by atoms with van der Waals surface area (Å²) in [7, 11) is 0. The van der Waals surface area contributed by atoms with Crippen molar-refractivity contribution in [3.8, 4) is 5.75 Å². The molecule has 1 heterocycles. The van der Waals surface area contributed by atoms with Crippen LogP contribution in [-0.2, 0) is 4.79 Å². The molecule has 1 atom stereocenters. The number of rotatable bonds is 7. The minimum Gasteiger partial charge on any atom is -0.491 e. The summed E-state index contributed by atoms with van der Waals surface area (Å²) in [6, 6.07) is 7.90. The van der Waals surface area contributed by atoms with Crippen molar-refractivity contribution >= 4 is 28.8 Å². The van der Waals surface area contributed by atoms with E-state index < -0.39 is 5.82 Å². The quantitative estimate of drug-likeness (QED) is 0.773. The molecule has 0 saturated heterocycles. The molecule has 1 N–H and O–H groups in total. The number of ether oxygens (including phenoxy) is 1. The number of hydrogen-bond acceptors (Lipinski definition) is 3. The maximum Gasteiger partial charge on any atom is 0.223 e. The van der Waals surface area contributed by atoms with E-state index in [0.29, 0.717) is 11.7 Å². The highest BCUT2D eigenvalue weighted by atomic mass is 35.5. The van der Waals surface area contributed by atoms with Gasteiger partial charge in [-0.15, -0.1) is 11.3 Å². The molecule has 1 aromatic carbocycles. The Morgan fingerprint density at radius 2 is 2.17 bits per heavy atom. The number of halogens is 2. The molecule has 0 spiro atoms. The Morgan fingerprint density at radius 3 is 2.78 bits per heavy atom. The van der Waals surface area contributed by atoms with Crippen LogP contribution in [0.4, 0.5) is 4.39 Å². The van der Waals surface area contributed by atoms with Gasteiger partial charge >= 0.3 is 0 Å². The summed E-state index contributed by atoms with van der Waals surface area (Å²) >= 11 is 7.50. The normalized spacial score (nSPS) is 12.2. The van der Waals surface area contributed by atoms with Crippen molar-refractivity contribution in [2.24, 2.45) is 5.92 Å². The third kappa shape index (κ3) is 5.22. The monoisotopic (exact) mass is 355 g/mol. The van der Waals surface area contributed by atoms with E-state index in [9.17, 15) is 9.18 Å². The first-order valence-electron chi connectivity index (χ1n) is 7.38. The second-order valence-electron chi connectivity index (χ2n) is 5.48. The van der Waals surface area contributed by atoms with Crippen LogP contribution in [0.2, 0.25) is 5.02 Å². The molecule has 124 valence electrons. The topological polar surface area (TPSA) is 38.3 Å². The Kier molecular flexibility index (Phi) is 6.42. The molecule has 0 radical (unpaired) electrons. The highest BCUT2D eigenvalue weighted by Gasteiger charge is 2.19. The second-order valence-corrected chi connectivity index (χ2v) is 6.86. The van der Waals surface area contributed by atoms with Gasteiger partial charge in [0.25, 0.3) is 0 Å². The minimum atomic E-state index is -0.421. The maximum atomic E-state index is 12.9. The van der Waals surface area contributed by atoms with E-state index in [1.54, 1.807) is 11.3 Å². The predicted octanol–water partition coefficient (Wildman–Crippen LogP) is 4.82. The van der Waals surface area contributed by atoms with Gasteiger partial charge in [-0.3, -0.25) is 4.79 Å². The summed E-state index contributed by atoms with van der Waals surface area (Å²) in [6.07, 6.45) is 0.211. The largest absolute Gasteiger partial charge is 0.491 e. The van der Waals surface area contributed by atoms with E-state index in [2.05, 4.69) is 19.2 Å². The first kappa shape index (κ1) is 17.8. The molecule has 1 unspecified atom stereocenters. The van der Waals surface area contributed by atoms with Gasteiger partial charge in [-0.2, -0.15) is 0 Å². The number of amides is 1. The molecule has 0 fully saturated rings. The number of hydrogen-bond donors (Lipinski definition) is 1. The van der Waals surface area contributed by atoms with Crippen molar-refractivity contribution in [2.75, 3.05) is 6.61 Å². The number of thiophene rings is 1. The molecule has 1 aromatic heterocycles. The zero-order valence-corrected chi connectivity index (χ0v) is 14.6. The van der Waals surface area contributed by atoms with E-state index in [0.717, 1.165) is 4.88 Å². The first-order chi connectivity index (χ1) is 11.0. The molecule has 1 amide bonds. The van der Waals surface area contributed by atoms with Gasteiger partial charge in [0.05, 0.1) is 24.1 Å². The Labute approximate surface area is 144 Å². The van der Waals surface area contributed by atoms with E-state index in [1.807, 2.05) is 17.5 Å². The first-order valence-corrected chi connectivity index (χ1v) is 8.63. The van der Waals surface area contributed by atoms with Crippen molar-refractivity contribution in [3.05, 3.63) is 51.4 Å². The molecule has 0 saturated carbocycles. The van der Waals surface area contributed by atoms with Crippen molar-refractivity contribution in [1.82, 2.24) is 5.32 Å². The highest BCUT2D eigenvalue weighted by Crippen LogP contribution is 2.26. The summed E-state index contributed by atoms with van der Waals surface area (Å²) in [4.78, 5) is 13.2. The van der Waals surface area contributed by atoms with Crippen LogP contribution in [0.25, 0.3) is 0 Å². The molecular formula is C17H19ClFNO2S. The smallest absolute Gasteiger partial charge is 0.223 e. The van der Waals surface area contributed by atoms with Gasteiger partial charge in [0.1, 0.15) is 11.6 Å². The van der Waals surface area contributed by atoms with E-state index in [1.165, 1.54) is 18.2 Å². The molecule has 0 aliphatic heterocycles. The van der Waals surface area contributed by atoms with Gasteiger partial charge in [-0.1, -0.05) is 31.5 Å². The number of carbonyl (C=O) groups is 1. The summed E-state index contributed by atoms with van der Waals surface area (Å²) in [5.74, 6) is 0.163. The van der Waals surface area contributed by atoms with E-state index in [-0.39, 0.29) is 30.0 Å². The van der Waals surface area contributed by atoms with Crippen LogP contribution < -0.4 is 10.1 Å². The SMILES string of the molecule is CC(C)C(NC(=O)CCOc1ccc(F)cc1Cl)c1cccs1. The van der Waals surface area contributed by atoms with Gasteiger partial charge in [0.2, 0.25) is 5.91 Å². The lowest BCUT2D eigenvalue weighted by molar-refractivity contribution is -0.122. The summed E-state index contributed by atoms with van der Waals surface area (Å²) in [6.45, 7) is 4.32. The third-order valence-corrected chi connectivity index (χ3v) is 4.56. The third-order valence-electron chi connectivity index (χ3n) is 3.31. The van der Waals surface area contributed by atoms with Crippen LogP contribution in [-0.4, -0.2) is 12.5 Å². The Balaban J connectivity index is 1.84. The average molecular weight is 356 g/mol. The van der Waals surface area contributed by atoms with Crippen molar-refractivity contribution in [2.45, 2.75) is 26.3 Å². The summed E-state index contributed by atoms with van der Waals surface area (Å²) in [5, 5.41) is 5.22. The molecule has 2 aromatic rings. The molecule has 0 aliphatic rings. The Bertz CT molecular complexity index is 646. The van der Waals surface area contributed by atoms with E-state index >= 15 is 0 Å². The van der Waals surface area contributed by atoms with Crippen molar-refractivity contribution < 1.29 is 13.9 Å². The van der Waals surface area contributed by atoms with Crippen LogP contribution in [0, 0.1) is 11.7 Å². The molecule has 0 aliphatic carbocycles. The Hall–Kier alpha value is -1.59. The summed E-state index contributed by atoms with van der Waals surface area (Å²) in [5.41, 5.74) is 0. The highest BCUT2D eigenvalue weighted by molar-refractivity contribution is 7.10. The van der Waals surface area contributed by atoms with Gasteiger partial charge in [-0.05, 0) is 35.6 Å². The second kappa shape index (κ2) is 8.31. The molecule has 23 heavy (non-hydrogen) atoms. The van der Waals surface area contributed by atoms with Crippen molar-refractivity contribution in [1.29, 1.82) is 0 Å². The van der Waals surface area contributed by atoms with Gasteiger partial charge in [0, 0.05) is 4.88 Å². The van der Waals surface area contributed by atoms with Crippen LogP contribution >= 0.6 is 22.9 Å². The number of nitrogens with one attached hydrogen (secondary N) is 1. The zero-order valence-electron chi connectivity index (χ0n) is 13.0. The fraction of sp³-hybridized carbons (Fsp3) is 0.353. The predicted molar refractivity (Wildman–Crippen MR) is 91.6 cm³/mol. The lowest BCUT2D eigenvalue weighted by Gasteiger charge is -2.21. The van der Waals surface area contributed by atoms with Crippen LogP contribution in [0.1, 0.15) is 31.2 Å². The lowest BCUT2D eigenvalue weighted by atomic mass is 10.0. The molecule has 3 nitrogen and oxygen atoms in total. The zero-order chi connectivity index (χ0) is 16.8. The van der Waals surface area contributed by atoms with Gasteiger partial charge in [-0.25, -0.2) is 4.39 Å². The fourth-order valence-electron chi connectivity index (χ4n) is 2.13. The van der Waals surface area contributed by atoms with Gasteiger partial charge < -0.3 is 10.1 Å². The van der Waals surface area contributed by atoms with Crippen LogP contribution in [0.5, 0.6) is 5.75 Å². The van der Waals surface area contributed by atoms with Crippen LogP contribution in [0.3, 0.4) is 0 Å². The minimum absolute atomic E-state index is 0.00286. The average Bonchev–Trinajstić information content (AvgIpc) is 3.00. The molecule has 6 heteroatoms. The fourth-order valence-corrected chi connectivity index (χ4v) is 3.30. The van der Waals surface area contributed by atoms with Gasteiger partial charge in [0.15, 0.2) is 0 Å². The molecule has 0 bridgehead atoms. The van der Waals surface area contributed by atoms with Crippen molar-refractivity contribution in [3.63, 3.8) is 0 Å². The standard InChI is InChI=1S/C17H19ClFNO2S/c1-11(2)17(15-4-3-9-23-15)20-16(21)7-8-22-14-6-5-12(19)10-13(14)18/h3-6,9-11,17H,7-8H2,1-2H3,(H,20,21). The molecular weight excluding hydrogens is 337 g/mol. The lowest BCUT2D eigenvalue weighted by Crippen LogP contribution is -2.32. The number of benzene rings is 1. The summed E-state index contributed by atoms with van der Waals surface area (Å²) < 4.78 is 18.4. The number of carbonyl (C=O) groups excluding carboxylic acids is 1. The van der Waals surface area contributed by atoms with Crippen LogP contribution in [0.15, 0.2) is 35.7 Å².